The van der Waals surface area contributed by atoms with Gasteiger partial charge in [0, 0.05) is 23.5 Å². The third-order valence-electron chi connectivity index (χ3n) is 3.15. The van der Waals surface area contributed by atoms with Gasteiger partial charge in [0.05, 0.1) is 36.3 Å². The molecule has 0 aliphatic rings. The normalized spacial score (nSPS) is 12.8. The van der Waals surface area contributed by atoms with Crippen LogP contribution in [0, 0.1) is 0 Å². The number of nitrogens with one attached hydrogen (secondary N) is 2. The first-order valence-corrected chi connectivity index (χ1v) is 8.38. The number of carbonyl (C=O) groups excluding carboxylic acids is 2. The maximum atomic E-state index is 12.2. The van der Waals surface area contributed by atoms with Crippen LogP contribution in [-0.2, 0) is 14.3 Å². The highest BCUT2D eigenvalue weighted by atomic mass is 16.6. The fourth-order valence-corrected chi connectivity index (χ4v) is 1.83. The highest BCUT2D eigenvalue weighted by Crippen LogP contribution is 2.25. The number of rotatable bonds is 6. The first-order valence-electron chi connectivity index (χ1n) is 8.38. The van der Waals surface area contributed by atoms with Crippen LogP contribution in [0.25, 0.3) is 5.70 Å². The zero-order chi connectivity index (χ0) is 22.4. The maximum Gasteiger partial charge on any atom is 0.412 e. The second-order valence-corrected chi connectivity index (χ2v) is 7.02. The molecule has 0 spiro atoms. The zero-order valence-corrected chi connectivity index (χ0v) is 16.8. The van der Waals surface area contributed by atoms with Crippen LogP contribution >= 0.6 is 0 Å². The summed E-state index contributed by atoms with van der Waals surface area (Å²) in [7, 11) is 17.4. The molecule has 1 aromatic rings. The monoisotopic (exact) mass is 393 g/mol. The molecule has 0 fully saturated rings. The summed E-state index contributed by atoms with van der Waals surface area (Å²) in [5, 5.41) is 2.78. The van der Waals surface area contributed by atoms with Crippen LogP contribution in [0.2, 0.25) is 5.11 Å². The third kappa shape index (κ3) is 8.24. The Morgan fingerprint density at radius 1 is 1.14 bits per heavy atom. The van der Waals surface area contributed by atoms with Crippen LogP contribution in [-0.4, -0.2) is 53.2 Å². The third-order valence-corrected chi connectivity index (χ3v) is 3.15. The fourth-order valence-electron chi connectivity index (χ4n) is 1.83. The molecular formula is C17H22B3N5O4. The number of aromatic nitrogens is 1. The first-order chi connectivity index (χ1) is 13.2. The van der Waals surface area contributed by atoms with Crippen LogP contribution in [0.5, 0.6) is 0 Å². The predicted octanol–water partition coefficient (Wildman–Crippen LogP) is 0.692. The Labute approximate surface area is 173 Å². The number of nitrogens with two attached hydrogens (primary N) is 2. The number of hydrogen-bond donors (Lipinski definition) is 4. The Morgan fingerprint density at radius 3 is 2.28 bits per heavy atom. The fraction of sp³-hybridized carbons (Fsp3) is 0.353. The van der Waals surface area contributed by atoms with Gasteiger partial charge >= 0.3 is 6.09 Å². The predicted molar refractivity (Wildman–Crippen MR) is 114 cm³/mol. The van der Waals surface area contributed by atoms with Gasteiger partial charge in [0.15, 0.2) is 5.88 Å². The summed E-state index contributed by atoms with van der Waals surface area (Å²) in [6.07, 6.45) is 3.45. The number of methoxy groups -OCH3 is 1. The minimum absolute atomic E-state index is 0.0234. The average Bonchev–Trinajstić information content (AvgIpc) is 2.56. The van der Waals surface area contributed by atoms with E-state index in [1.165, 1.54) is 31.5 Å². The smallest absolute Gasteiger partial charge is 0.412 e. The van der Waals surface area contributed by atoms with Crippen LogP contribution in [0.1, 0.15) is 26.3 Å². The van der Waals surface area contributed by atoms with Crippen molar-refractivity contribution in [1.82, 2.24) is 4.98 Å². The Kier molecular flexibility index (Phi) is 7.82. The van der Waals surface area contributed by atoms with E-state index in [0.29, 0.717) is 5.56 Å². The first kappa shape index (κ1) is 24.0. The summed E-state index contributed by atoms with van der Waals surface area (Å²) in [4.78, 5) is 28.1. The van der Waals surface area contributed by atoms with E-state index in [2.05, 4.69) is 15.6 Å². The number of amides is 2. The summed E-state index contributed by atoms with van der Waals surface area (Å²) in [6, 6.07) is 1.34. The van der Waals surface area contributed by atoms with Crippen molar-refractivity contribution in [3.05, 3.63) is 35.9 Å². The van der Waals surface area contributed by atoms with E-state index in [4.69, 9.17) is 44.5 Å². The number of hydrogen-bond acceptors (Lipinski definition) is 7. The van der Waals surface area contributed by atoms with Gasteiger partial charge in [-0.1, -0.05) is 5.11 Å². The van der Waals surface area contributed by atoms with Gasteiger partial charge in [-0.05, 0) is 32.9 Å². The average molecular weight is 393 g/mol. The molecule has 6 radical (unpaired) electrons. The molecule has 9 nitrogen and oxygen atoms in total. The number of carbonyl (C=O) groups is 2. The van der Waals surface area contributed by atoms with Crippen molar-refractivity contribution in [2.45, 2.75) is 31.5 Å². The van der Waals surface area contributed by atoms with Gasteiger partial charge in [-0.25, -0.2) is 9.78 Å². The van der Waals surface area contributed by atoms with Gasteiger partial charge in [-0.2, -0.15) is 0 Å². The number of nitrogens with zero attached hydrogens (tertiary/aromatic N) is 1. The minimum Gasteiger partial charge on any atom is -0.483 e. The minimum atomic E-state index is -2.11. The molecule has 0 saturated heterocycles. The number of allylic oxidation sites excluding steroid dienone is 2. The van der Waals surface area contributed by atoms with Crippen molar-refractivity contribution < 1.29 is 19.1 Å². The summed E-state index contributed by atoms with van der Waals surface area (Å²) in [5.41, 5.74) is 11.6. The summed E-state index contributed by atoms with van der Waals surface area (Å²) in [6.45, 7) is 5.13. The van der Waals surface area contributed by atoms with E-state index in [9.17, 15) is 9.59 Å². The maximum absolute atomic E-state index is 12.2. The van der Waals surface area contributed by atoms with Crippen LogP contribution in [0.3, 0.4) is 0 Å². The number of anilines is 2. The molecule has 29 heavy (non-hydrogen) atoms. The molecule has 2 amide bonds. The van der Waals surface area contributed by atoms with Gasteiger partial charge in [0.25, 0.3) is 0 Å². The molecule has 0 bridgehead atoms. The molecule has 0 atom stereocenters. The molecular weight excluding hydrogens is 371 g/mol. The summed E-state index contributed by atoms with van der Waals surface area (Å²) < 4.78 is 10.1. The van der Waals surface area contributed by atoms with Gasteiger partial charge in [0.2, 0.25) is 5.91 Å². The molecule has 1 heterocycles. The summed E-state index contributed by atoms with van der Waals surface area (Å²) >= 11 is 0. The molecule has 148 valence electrons. The summed E-state index contributed by atoms with van der Waals surface area (Å²) in [5.74, 6) is -0.743. The molecule has 6 N–H and O–H groups in total. The molecule has 1 rings (SSSR count). The van der Waals surface area contributed by atoms with E-state index in [-0.39, 0.29) is 23.1 Å². The zero-order valence-electron chi connectivity index (χ0n) is 16.8. The second-order valence-electron chi connectivity index (χ2n) is 7.02. The van der Waals surface area contributed by atoms with E-state index in [0.717, 1.165) is 0 Å². The van der Waals surface area contributed by atoms with Gasteiger partial charge < -0.3 is 26.3 Å². The Bertz CT molecular complexity index is 829. The molecule has 0 aromatic carbocycles. The molecule has 0 aliphatic carbocycles. The molecule has 0 aliphatic heterocycles. The second kappa shape index (κ2) is 9.44. The highest BCUT2D eigenvalue weighted by Gasteiger charge is 2.22. The number of ether oxygens (including phenoxy) is 2. The van der Waals surface area contributed by atoms with Crippen molar-refractivity contribution in [1.29, 1.82) is 0 Å². The van der Waals surface area contributed by atoms with Gasteiger partial charge in [-0.3, -0.25) is 10.1 Å². The lowest BCUT2D eigenvalue weighted by molar-refractivity contribution is -0.115. The van der Waals surface area contributed by atoms with E-state index in [1.807, 2.05) is 0 Å². The lowest BCUT2D eigenvalue weighted by Crippen LogP contribution is -2.31. The SMILES string of the molecule is [B]C([B])([B])C(=O)Nc1cc(NC(=O)OC(C)(C)C)c(/C(N)=C/C=C(\N)OC)cn1. The van der Waals surface area contributed by atoms with Crippen molar-refractivity contribution in [3.63, 3.8) is 0 Å². The quantitative estimate of drug-likeness (QED) is 0.317. The standard InChI is InChI=1S/C17H22B3N5O4/c1-16(2,3)29-15(27)24-11-7-13(25-14(26)17(18,19)20)23-8-9(11)10(21)5-6-12(22)28-4/h5-8H,21-22H2,1-4H3,(H2,23,24,25,26,27)/b10-5-,12-6+. The Hall–Kier alpha value is -3.04. The number of pyridine rings is 1. The molecule has 0 saturated carbocycles. The van der Waals surface area contributed by atoms with Crippen molar-refractivity contribution in [3.8, 4) is 0 Å². The lowest BCUT2D eigenvalue weighted by Gasteiger charge is -2.21. The van der Waals surface area contributed by atoms with Crippen LogP contribution in [0.15, 0.2) is 30.3 Å². The van der Waals surface area contributed by atoms with Crippen molar-refractivity contribution in [2.75, 3.05) is 17.7 Å². The van der Waals surface area contributed by atoms with E-state index < -0.39 is 22.7 Å². The molecule has 1 aromatic heterocycles. The Morgan fingerprint density at radius 2 is 1.76 bits per heavy atom. The van der Waals surface area contributed by atoms with E-state index >= 15 is 0 Å². The van der Waals surface area contributed by atoms with Crippen molar-refractivity contribution in [2.24, 2.45) is 11.5 Å². The molecule has 0 unspecified atom stereocenters. The van der Waals surface area contributed by atoms with Gasteiger partial charge in [0.1, 0.15) is 11.4 Å². The van der Waals surface area contributed by atoms with Gasteiger partial charge in [-0.15, -0.1) is 0 Å². The lowest BCUT2D eigenvalue weighted by atomic mass is 9.42. The largest absolute Gasteiger partial charge is 0.483 e. The molecule has 12 heteroatoms. The highest BCUT2D eigenvalue weighted by molar-refractivity contribution is 6.69. The Balaban J connectivity index is 3.29. The van der Waals surface area contributed by atoms with E-state index in [1.54, 1.807) is 20.8 Å². The topological polar surface area (TPSA) is 142 Å². The van der Waals surface area contributed by atoms with Crippen LogP contribution < -0.4 is 22.1 Å². The van der Waals surface area contributed by atoms with Crippen molar-refractivity contribution >= 4 is 52.7 Å². The van der Waals surface area contributed by atoms with Crippen LogP contribution in [0.4, 0.5) is 16.3 Å².